The van der Waals surface area contributed by atoms with E-state index in [-0.39, 0.29) is 24.0 Å². The van der Waals surface area contributed by atoms with Gasteiger partial charge in [-0.15, -0.1) is 24.0 Å². The van der Waals surface area contributed by atoms with Crippen LogP contribution in [0.3, 0.4) is 0 Å². The van der Waals surface area contributed by atoms with Crippen molar-refractivity contribution in [2.24, 2.45) is 16.6 Å². The number of nitrogens with two attached hydrogens (primary N) is 1. The molecule has 21 heavy (non-hydrogen) atoms. The number of halogens is 1. The molecule has 0 radical (unpaired) electrons. The van der Waals surface area contributed by atoms with Crippen LogP contribution in [-0.4, -0.2) is 55.0 Å². The first-order valence-electron chi connectivity index (χ1n) is 8.57. The van der Waals surface area contributed by atoms with Gasteiger partial charge < -0.3 is 15.5 Å². The Kier molecular flexibility index (Phi) is 9.64. The van der Waals surface area contributed by atoms with Gasteiger partial charge in [-0.25, -0.2) is 0 Å². The molecule has 0 aromatic rings. The van der Waals surface area contributed by atoms with Crippen molar-refractivity contribution in [1.82, 2.24) is 9.80 Å². The van der Waals surface area contributed by atoms with Gasteiger partial charge in [0.15, 0.2) is 5.96 Å². The summed E-state index contributed by atoms with van der Waals surface area (Å²) >= 11 is 0. The zero-order valence-electron chi connectivity index (χ0n) is 13.6. The van der Waals surface area contributed by atoms with E-state index in [1.54, 1.807) is 0 Å². The molecule has 0 atom stereocenters. The highest BCUT2D eigenvalue weighted by molar-refractivity contribution is 14.0. The summed E-state index contributed by atoms with van der Waals surface area (Å²) in [6, 6.07) is 0. The number of rotatable bonds is 4. The molecule has 0 aromatic heterocycles. The number of likely N-dealkylation sites (tertiary alicyclic amines) is 2. The van der Waals surface area contributed by atoms with E-state index in [2.05, 4.69) is 21.7 Å². The number of aliphatic imine (C=N–C) groups is 1. The molecular weight excluding hydrogens is 375 g/mol. The van der Waals surface area contributed by atoms with Crippen molar-refractivity contribution in [2.45, 2.75) is 51.9 Å². The topological polar surface area (TPSA) is 44.9 Å². The molecule has 0 amide bonds. The van der Waals surface area contributed by atoms with E-state index in [0.717, 1.165) is 31.5 Å². The van der Waals surface area contributed by atoms with Crippen LogP contribution in [0.25, 0.3) is 0 Å². The molecule has 2 heterocycles. The Hall–Kier alpha value is -0.0400. The van der Waals surface area contributed by atoms with E-state index in [1.807, 2.05) is 0 Å². The first-order valence-corrected chi connectivity index (χ1v) is 8.57. The number of guanidine groups is 1. The molecule has 124 valence electrons. The van der Waals surface area contributed by atoms with Crippen molar-refractivity contribution >= 4 is 29.9 Å². The first-order chi connectivity index (χ1) is 9.79. The molecule has 0 aromatic carbocycles. The fourth-order valence-corrected chi connectivity index (χ4v) is 3.35. The lowest BCUT2D eigenvalue weighted by Gasteiger charge is -2.30. The third-order valence-corrected chi connectivity index (χ3v) is 4.90. The SMILES string of the molecule is CCN1CCC(CCN=C(N)N2CCCCCC2)CC1.I. The van der Waals surface area contributed by atoms with Crippen molar-refractivity contribution in [2.75, 3.05) is 39.3 Å². The normalized spacial score (nSPS) is 22.7. The molecule has 2 rings (SSSR count). The van der Waals surface area contributed by atoms with Crippen LogP contribution < -0.4 is 5.73 Å². The van der Waals surface area contributed by atoms with Gasteiger partial charge in [0, 0.05) is 19.6 Å². The predicted octanol–water partition coefficient (Wildman–Crippen LogP) is 2.92. The predicted molar refractivity (Wildman–Crippen MR) is 101 cm³/mol. The van der Waals surface area contributed by atoms with Gasteiger partial charge in [0.2, 0.25) is 0 Å². The second-order valence-electron chi connectivity index (χ2n) is 6.31. The number of nitrogens with zero attached hydrogens (tertiary/aromatic N) is 3. The third kappa shape index (κ3) is 6.72. The maximum absolute atomic E-state index is 6.14. The minimum atomic E-state index is 0. The van der Waals surface area contributed by atoms with Crippen LogP contribution in [-0.2, 0) is 0 Å². The summed E-state index contributed by atoms with van der Waals surface area (Å²) in [5.41, 5.74) is 6.14. The van der Waals surface area contributed by atoms with E-state index in [1.165, 1.54) is 64.6 Å². The molecule has 5 heteroatoms. The van der Waals surface area contributed by atoms with Crippen LogP contribution in [0.5, 0.6) is 0 Å². The third-order valence-electron chi connectivity index (χ3n) is 4.90. The van der Waals surface area contributed by atoms with Crippen LogP contribution >= 0.6 is 24.0 Å². The first kappa shape index (κ1) is 19.0. The summed E-state index contributed by atoms with van der Waals surface area (Å²) in [7, 11) is 0. The van der Waals surface area contributed by atoms with Crippen molar-refractivity contribution in [3.05, 3.63) is 0 Å². The molecule has 2 N–H and O–H groups in total. The number of piperidine rings is 1. The summed E-state index contributed by atoms with van der Waals surface area (Å²) < 4.78 is 0. The quantitative estimate of drug-likeness (QED) is 0.442. The summed E-state index contributed by atoms with van der Waals surface area (Å²) in [5.74, 6) is 1.65. The Balaban J connectivity index is 0.00000220. The van der Waals surface area contributed by atoms with Gasteiger partial charge in [0.1, 0.15) is 0 Å². The monoisotopic (exact) mass is 408 g/mol. The summed E-state index contributed by atoms with van der Waals surface area (Å²) in [5, 5.41) is 0. The molecule has 0 aliphatic carbocycles. The lowest BCUT2D eigenvalue weighted by atomic mass is 9.94. The van der Waals surface area contributed by atoms with Crippen molar-refractivity contribution in [3.8, 4) is 0 Å². The van der Waals surface area contributed by atoms with Crippen molar-refractivity contribution < 1.29 is 0 Å². The lowest BCUT2D eigenvalue weighted by molar-refractivity contribution is 0.188. The van der Waals surface area contributed by atoms with Gasteiger partial charge >= 0.3 is 0 Å². The van der Waals surface area contributed by atoms with E-state index in [9.17, 15) is 0 Å². The van der Waals surface area contributed by atoms with Crippen molar-refractivity contribution in [3.63, 3.8) is 0 Å². The van der Waals surface area contributed by atoms with Crippen molar-refractivity contribution in [1.29, 1.82) is 0 Å². The molecule has 2 aliphatic rings. The Labute approximate surface area is 147 Å². The molecule has 4 nitrogen and oxygen atoms in total. The van der Waals surface area contributed by atoms with E-state index >= 15 is 0 Å². The molecule has 0 spiro atoms. The number of hydrogen-bond donors (Lipinski definition) is 1. The van der Waals surface area contributed by atoms with Gasteiger partial charge in [-0.1, -0.05) is 19.8 Å². The lowest BCUT2D eigenvalue weighted by Crippen LogP contribution is -2.38. The zero-order valence-corrected chi connectivity index (χ0v) is 15.9. The van der Waals surface area contributed by atoms with Crippen LogP contribution in [0.15, 0.2) is 4.99 Å². The van der Waals surface area contributed by atoms with Gasteiger partial charge in [0.05, 0.1) is 0 Å². The molecule has 2 fully saturated rings. The Morgan fingerprint density at radius 1 is 1.05 bits per heavy atom. The molecular formula is C16H33IN4. The number of hydrogen-bond acceptors (Lipinski definition) is 2. The molecule has 2 saturated heterocycles. The van der Waals surface area contributed by atoms with Gasteiger partial charge in [0.25, 0.3) is 0 Å². The molecule has 0 bridgehead atoms. The Bertz CT molecular complexity index is 293. The minimum Gasteiger partial charge on any atom is -0.370 e. The van der Waals surface area contributed by atoms with Crippen LogP contribution in [0.4, 0.5) is 0 Å². The largest absolute Gasteiger partial charge is 0.370 e. The van der Waals surface area contributed by atoms with Gasteiger partial charge in [-0.05, 0) is 57.7 Å². The molecule has 0 saturated carbocycles. The van der Waals surface area contributed by atoms with E-state index in [0.29, 0.717) is 0 Å². The Morgan fingerprint density at radius 2 is 1.67 bits per heavy atom. The summed E-state index contributed by atoms with van der Waals surface area (Å²) in [6.45, 7) is 9.12. The van der Waals surface area contributed by atoms with E-state index < -0.39 is 0 Å². The standard InChI is InChI=1S/C16H32N4.HI/c1-2-19-13-8-15(9-14-19)7-10-18-16(17)20-11-5-3-4-6-12-20;/h15H,2-14H2,1H3,(H2,17,18);1H. The Morgan fingerprint density at radius 3 is 2.24 bits per heavy atom. The van der Waals surface area contributed by atoms with E-state index in [4.69, 9.17) is 5.73 Å². The van der Waals surface area contributed by atoms with Gasteiger partial charge in [-0.2, -0.15) is 0 Å². The minimum absolute atomic E-state index is 0. The highest BCUT2D eigenvalue weighted by atomic mass is 127. The maximum atomic E-state index is 6.14. The fraction of sp³-hybridized carbons (Fsp3) is 0.938. The highest BCUT2D eigenvalue weighted by Crippen LogP contribution is 2.20. The fourth-order valence-electron chi connectivity index (χ4n) is 3.35. The highest BCUT2D eigenvalue weighted by Gasteiger charge is 2.17. The van der Waals surface area contributed by atoms with Crippen LogP contribution in [0.1, 0.15) is 51.9 Å². The molecule has 2 aliphatic heterocycles. The summed E-state index contributed by atoms with van der Waals surface area (Å²) in [6.07, 6.45) is 9.13. The second kappa shape index (κ2) is 10.6. The summed E-state index contributed by atoms with van der Waals surface area (Å²) in [4.78, 5) is 9.46. The molecule has 0 unspecified atom stereocenters. The second-order valence-corrected chi connectivity index (χ2v) is 6.31. The average Bonchev–Trinajstić information content (AvgIpc) is 2.77. The van der Waals surface area contributed by atoms with Gasteiger partial charge in [-0.3, -0.25) is 4.99 Å². The van der Waals surface area contributed by atoms with Crippen LogP contribution in [0, 0.1) is 5.92 Å². The maximum Gasteiger partial charge on any atom is 0.191 e. The average molecular weight is 408 g/mol. The van der Waals surface area contributed by atoms with Crippen LogP contribution in [0.2, 0.25) is 0 Å². The smallest absolute Gasteiger partial charge is 0.191 e. The zero-order chi connectivity index (χ0) is 14.2.